The third kappa shape index (κ3) is 33.5. The summed E-state index contributed by atoms with van der Waals surface area (Å²) in [6, 6.07) is 16.6. The summed E-state index contributed by atoms with van der Waals surface area (Å²) in [5.41, 5.74) is 10.2. The number of halogens is 2. The molecule has 0 aliphatic rings. The standard InChI is InChI=1S/C28H36Br2N2S4.C28H38N2S4.C28H36N2S4.C13H20OS.6CH3.BHNS.2Sn/c1-5-9-11-17(7-3)13-19-15-21(29)33-23(19)25-31-27-28(35-25)32-26(36-27)24-20(16-22(30)34-24)14-18(8-4)12-10-6-2;2*1-5-9-11-19(7-3)17-21-13-15-31-23(21)25-29-27-28(33-25)30-26(34-27)24-22(14-16-32-24)18-20(8-4)12-10-6-2;1-3-5-6-11(4-2)9-12-7-8-15-13(12)10-14;;;;;;;1-2-3;;/h15-18H,5-14H2,1-4H3;13-16,19-20H,5-12,17-18H2,1-4H3;13-14,19-20H,5-12,17-18H2,1-4H3;7-8,10-11H,3-6,9H2,1-2H3;6*1H3;3H;;. The molecule has 27 heteroatoms. The fraction of sp³-hybridized carbons (Fsp3) is 0.602. The van der Waals surface area contributed by atoms with Crippen molar-refractivity contribution in [3.63, 3.8) is 0 Å². The first kappa shape index (κ1) is 113. The number of rotatable bonds is 51. The van der Waals surface area contributed by atoms with Gasteiger partial charge in [0.05, 0.1) is 32.0 Å². The molecule has 0 spiro atoms. The van der Waals surface area contributed by atoms with Gasteiger partial charge in [-0.1, -0.05) is 243 Å². The molecule has 1 radical (unpaired) electrons. The maximum absolute atomic E-state index is 10.8. The van der Waals surface area contributed by atoms with Crippen molar-refractivity contribution in [3.05, 3.63) is 110 Å². The number of hydrogen-bond donors (Lipinski definition) is 1. The van der Waals surface area contributed by atoms with E-state index >= 15 is 0 Å². The van der Waals surface area contributed by atoms with Crippen molar-refractivity contribution in [1.82, 2.24) is 29.9 Å². The first-order chi connectivity index (χ1) is 62.7. The van der Waals surface area contributed by atoms with Gasteiger partial charge in [-0.3, -0.25) is 4.79 Å². The van der Waals surface area contributed by atoms with Gasteiger partial charge in [-0.25, -0.2) is 19.9 Å². The van der Waals surface area contributed by atoms with Crippen molar-refractivity contribution in [1.29, 1.82) is 0 Å². The zero-order valence-electron chi connectivity index (χ0n) is 81.8. The average Bonchev–Trinajstić information content (AvgIpc) is 1.62. The van der Waals surface area contributed by atoms with Gasteiger partial charge in [0.1, 0.15) is 20.0 Å². The van der Waals surface area contributed by atoms with E-state index in [9.17, 15) is 4.79 Å². The second-order valence-electron chi connectivity index (χ2n) is 37.6. The average molecular weight is 2360 g/mol. The van der Waals surface area contributed by atoms with E-state index in [-0.39, 0.29) is 0 Å². The molecular formula is C103H149BBr2N7OS14Sn2. The number of aldehydes is 1. The van der Waals surface area contributed by atoms with Crippen LogP contribution in [-0.4, -0.2) is 80.6 Å². The van der Waals surface area contributed by atoms with Gasteiger partial charge in [-0.2, -0.15) is 0 Å². The molecule has 7 atom stereocenters. The quantitative estimate of drug-likeness (QED) is 0.0230. The molecular weight excluding hydrogens is 2210 g/mol. The van der Waals surface area contributed by atoms with E-state index in [4.69, 9.17) is 29.9 Å². The molecule has 13 aromatic heterocycles. The van der Waals surface area contributed by atoms with Crippen molar-refractivity contribution in [2.45, 2.75) is 351 Å². The number of unbranched alkanes of at least 4 members (excludes halogenated alkanes) is 7. The summed E-state index contributed by atoms with van der Waals surface area (Å²) < 4.78 is 8.47. The molecule has 0 bridgehead atoms. The fourth-order valence-electron chi connectivity index (χ4n) is 17.0. The van der Waals surface area contributed by atoms with Gasteiger partial charge in [0, 0.05) is 0 Å². The van der Waals surface area contributed by atoms with E-state index in [2.05, 4.69) is 259 Å². The molecule has 711 valence electrons. The van der Waals surface area contributed by atoms with Crippen LogP contribution >= 0.6 is 192 Å². The Morgan fingerprint density at radius 1 is 0.323 bits per heavy atom. The summed E-state index contributed by atoms with van der Waals surface area (Å²) in [5, 5.41) is 13.5. The molecule has 0 saturated carbocycles. The molecule has 0 fully saturated rings. The SMILES string of the molecule is CCCCC(CC)Cc1c[c]([Sn]([CH3])([CH3])[CH3])sc1-c1nc2sc(-c3s[c]([Sn]([CH3])([CH3])[CH3])cc3CC(CC)CCCC)nc2s1.CCCCC(CC)Cc1cc(Br)sc1-c1nc2sc(-c3sc(Br)cc3CC(CC)CCCC)nc2s1.CCCCC(CC)Cc1ccsc1-c1nc2sc(-c3sccc3CC(CC)CCCC)nc2s1.CCCCC(CC)Cc1ccsc1C=O.[B]=NS. The fourth-order valence-corrected chi connectivity index (χ4v) is 42.7. The molecule has 13 heterocycles. The number of carbonyl (C=O) groups excluding carboxylic acids is 1. The van der Waals surface area contributed by atoms with Crippen LogP contribution < -0.4 is 5.79 Å². The zero-order chi connectivity index (χ0) is 94.0. The number of thiazole rings is 6. The summed E-state index contributed by atoms with van der Waals surface area (Å²) in [4.78, 5) is 72.9. The second kappa shape index (κ2) is 58.3. The van der Waals surface area contributed by atoms with Crippen molar-refractivity contribution in [3.8, 4) is 59.3 Å². The summed E-state index contributed by atoms with van der Waals surface area (Å²) in [6.07, 6.45) is 45.4. The number of carbonyl (C=O) groups is 1. The van der Waals surface area contributed by atoms with Crippen molar-refractivity contribution in [2.24, 2.45) is 45.7 Å². The number of aromatic nitrogens is 6. The van der Waals surface area contributed by atoms with Crippen molar-refractivity contribution < 1.29 is 4.79 Å². The number of nitrogens with zero attached hydrogens (tertiary/aromatic N) is 7. The van der Waals surface area contributed by atoms with Crippen LogP contribution in [0.2, 0.25) is 29.6 Å². The van der Waals surface area contributed by atoms with Gasteiger partial charge in [0.2, 0.25) is 0 Å². The first-order valence-corrected chi connectivity index (χ1v) is 81.8. The molecule has 0 aliphatic heterocycles. The summed E-state index contributed by atoms with van der Waals surface area (Å²) >= 11 is 30.1. The topological polar surface area (TPSA) is 107 Å². The summed E-state index contributed by atoms with van der Waals surface area (Å²) in [5.74, 6) is 5.35. The first-order valence-electron chi connectivity index (χ1n) is 49.1. The van der Waals surface area contributed by atoms with Gasteiger partial charge in [0.15, 0.2) is 25.6 Å². The summed E-state index contributed by atoms with van der Waals surface area (Å²) in [7, 11) is 4.34. The van der Waals surface area contributed by atoms with Crippen LogP contribution in [0.4, 0.5) is 0 Å². The molecule has 7 unspecified atom stereocenters. The Balaban J connectivity index is 0.000000201. The van der Waals surface area contributed by atoms with Gasteiger partial charge < -0.3 is 0 Å². The molecule has 0 saturated heterocycles. The van der Waals surface area contributed by atoms with Crippen LogP contribution in [0.1, 0.15) is 325 Å². The summed E-state index contributed by atoms with van der Waals surface area (Å²) in [6.45, 7) is 32.4. The van der Waals surface area contributed by atoms with E-state index in [1.165, 1.54) is 280 Å². The Hall–Kier alpha value is -1.10. The van der Waals surface area contributed by atoms with Gasteiger partial charge in [-0.15, -0.1) is 56.7 Å². The Labute approximate surface area is 867 Å². The van der Waals surface area contributed by atoms with E-state index in [0.717, 1.165) is 121 Å². The number of thiol groups is 1. The minimum atomic E-state index is -2.19. The number of hydrogen-bond acceptors (Lipinski definition) is 22. The number of thiophene rings is 7. The molecule has 130 heavy (non-hydrogen) atoms. The number of fused-ring (bicyclic) bond motifs is 3. The van der Waals surface area contributed by atoms with Crippen LogP contribution in [0.25, 0.3) is 88.3 Å². The van der Waals surface area contributed by atoms with Crippen LogP contribution in [-0.2, 0) is 44.9 Å². The van der Waals surface area contributed by atoms with Crippen LogP contribution in [0.15, 0.2) is 70.5 Å². The monoisotopic (exact) mass is 2360 g/mol. The maximum atomic E-state index is 10.8. The Morgan fingerprint density at radius 2 is 0.538 bits per heavy atom. The third-order valence-electron chi connectivity index (χ3n) is 25.5. The van der Waals surface area contributed by atoms with Crippen LogP contribution in [0.3, 0.4) is 0 Å². The van der Waals surface area contributed by atoms with Crippen molar-refractivity contribution >= 4 is 278 Å². The minimum absolute atomic E-state index is 0.746. The van der Waals surface area contributed by atoms with E-state index in [1.54, 1.807) is 73.6 Å². The molecule has 13 aromatic rings. The molecule has 0 aliphatic carbocycles. The predicted octanol–water partition coefficient (Wildman–Crippen LogP) is 39.3. The van der Waals surface area contributed by atoms with Crippen LogP contribution in [0.5, 0.6) is 0 Å². The Morgan fingerprint density at radius 3 is 0.777 bits per heavy atom. The molecule has 0 aromatic carbocycles. The molecule has 8 nitrogen and oxygen atoms in total. The molecule has 0 N–H and O–H groups in total. The van der Waals surface area contributed by atoms with E-state index in [1.807, 2.05) is 73.4 Å². The Bertz CT molecular complexity index is 5050. The Kier molecular flexibility index (Phi) is 50.5. The second-order valence-corrected chi connectivity index (χ2v) is 84.3. The zero-order valence-corrected chi connectivity index (χ0v) is 102. The van der Waals surface area contributed by atoms with E-state index < -0.39 is 36.8 Å². The van der Waals surface area contributed by atoms with Crippen molar-refractivity contribution in [2.75, 3.05) is 0 Å². The third-order valence-corrected chi connectivity index (χ3v) is 59.9. The normalized spacial score (nSPS) is 13.5. The predicted molar refractivity (Wildman–Crippen MR) is 613 cm³/mol. The van der Waals surface area contributed by atoms with E-state index in [0.29, 0.717) is 0 Å². The van der Waals surface area contributed by atoms with Crippen LogP contribution in [0, 0.1) is 41.4 Å². The molecule has 0 amide bonds. The van der Waals surface area contributed by atoms with Gasteiger partial charge in [0.25, 0.3) is 0 Å². The van der Waals surface area contributed by atoms with Gasteiger partial charge in [-0.05, 0) is 168 Å². The van der Waals surface area contributed by atoms with Gasteiger partial charge >= 0.3 is 309 Å². The molecule has 13 rings (SSSR count).